The zero-order valence-electron chi connectivity index (χ0n) is 24.7. The summed E-state index contributed by atoms with van der Waals surface area (Å²) in [5, 5.41) is 2.55. The third-order valence-corrected chi connectivity index (χ3v) is 7.76. The van der Waals surface area contributed by atoms with E-state index in [2.05, 4.69) is 9.98 Å². The number of esters is 1. The Balaban J connectivity index is 0.926. The van der Waals surface area contributed by atoms with E-state index < -0.39 is 0 Å². The van der Waals surface area contributed by atoms with Crippen molar-refractivity contribution in [1.29, 1.82) is 0 Å². The number of rotatable bonds is 15. The van der Waals surface area contributed by atoms with Crippen molar-refractivity contribution in [2.45, 2.75) is 25.7 Å². The number of aliphatic imine (C=N–C) groups is 2. The Morgan fingerprint density at radius 2 is 1.11 bits per heavy atom. The molecule has 0 unspecified atom stereocenters. The monoisotopic (exact) mass is 636 g/mol. The molecular weight excluding hydrogens is 604 g/mol. The number of carbonyl (C=O) groups excluding carboxylic acids is 1. The van der Waals surface area contributed by atoms with Gasteiger partial charge >= 0.3 is 5.97 Å². The number of halogens is 1. The quantitative estimate of drug-likeness (QED) is 0.0496. The summed E-state index contributed by atoms with van der Waals surface area (Å²) in [6.45, 7) is 1.36. The van der Waals surface area contributed by atoms with Gasteiger partial charge in [0.1, 0.15) is 22.1 Å². The molecule has 0 radical (unpaired) electrons. The molecule has 6 nitrogen and oxygen atoms in total. The van der Waals surface area contributed by atoms with Crippen LogP contribution in [0.4, 0.5) is 11.4 Å². The highest BCUT2D eigenvalue weighted by atomic mass is 35.5. The lowest BCUT2D eigenvalue weighted by atomic mass is 10.2. The van der Waals surface area contributed by atoms with E-state index in [0.717, 1.165) is 59.7 Å². The summed E-state index contributed by atoms with van der Waals surface area (Å²) < 4.78 is 17.2. The Hall–Kier alpha value is -4.72. The van der Waals surface area contributed by atoms with Gasteiger partial charge in [0.25, 0.3) is 0 Å². The van der Waals surface area contributed by atoms with Gasteiger partial charge in [-0.25, -0.2) is 4.79 Å². The van der Waals surface area contributed by atoms with Crippen molar-refractivity contribution in [2.75, 3.05) is 13.2 Å². The Labute approximate surface area is 272 Å². The van der Waals surface area contributed by atoms with Gasteiger partial charge in [-0.15, -0.1) is 11.3 Å². The van der Waals surface area contributed by atoms with Crippen LogP contribution >= 0.6 is 22.9 Å². The molecule has 228 valence electrons. The summed E-state index contributed by atoms with van der Waals surface area (Å²) in [6, 6.07) is 33.9. The molecular formula is C37H33ClN2O4S. The maximum atomic E-state index is 12.1. The van der Waals surface area contributed by atoms with E-state index in [0.29, 0.717) is 28.9 Å². The number of unbranched alkanes of at least 4 members (excludes halogenated alkanes) is 3. The molecule has 0 aliphatic heterocycles. The summed E-state index contributed by atoms with van der Waals surface area (Å²) in [6.07, 6.45) is 7.75. The lowest BCUT2D eigenvalue weighted by molar-refractivity contribution is 0.0740. The smallest absolute Gasteiger partial charge is 0.353 e. The van der Waals surface area contributed by atoms with Gasteiger partial charge in [-0.1, -0.05) is 17.7 Å². The molecule has 0 saturated heterocycles. The molecule has 0 aliphatic carbocycles. The van der Waals surface area contributed by atoms with Crippen molar-refractivity contribution in [2.24, 2.45) is 9.98 Å². The SMILES string of the molecule is O=C(Oc1ccc(C=Nc2ccc(OCCCCCCOc3ccc(C=Nc4ccc(Cl)cc4)cc3)cc2)cc1)c1cccs1. The van der Waals surface area contributed by atoms with Crippen LogP contribution in [0.2, 0.25) is 5.02 Å². The molecule has 0 aliphatic rings. The normalized spacial score (nSPS) is 11.2. The van der Waals surface area contributed by atoms with E-state index in [-0.39, 0.29) is 5.97 Å². The maximum absolute atomic E-state index is 12.1. The number of benzene rings is 4. The van der Waals surface area contributed by atoms with Crippen LogP contribution in [-0.4, -0.2) is 31.6 Å². The van der Waals surface area contributed by atoms with Crippen LogP contribution in [0.25, 0.3) is 0 Å². The van der Waals surface area contributed by atoms with E-state index in [4.69, 9.17) is 25.8 Å². The van der Waals surface area contributed by atoms with E-state index in [1.54, 1.807) is 24.4 Å². The standard InChI is InChI=1S/C37H33ClN2O4S/c38-30-11-13-31(14-12-30)39-26-28-7-17-33(18-8-28)42-23-3-1-2-4-24-43-34-21-15-32(16-22-34)40-27-29-9-19-35(20-10-29)44-37(41)36-6-5-25-45-36/h5-22,25-27H,1-4,23-24H2. The second kappa shape index (κ2) is 16.9. The summed E-state index contributed by atoms with van der Waals surface area (Å²) in [5.74, 6) is 1.84. The van der Waals surface area contributed by atoms with E-state index in [9.17, 15) is 4.79 Å². The summed E-state index contributed by atoms with van der Waals surface area (Å²) in [4.78, 5) is 21.6. The van der Waals surface area contributed by atoms with Crippen LogP contribution in [0, 0.1) is 0 Å². The van der Waals surface area contributed by atoms with Gasteiger partial charge in [0.05, 0.1) is 24.6 Å². The van der Waals surface area contributed by atoms with Crippen LogP contribution in [0.1, 0.15) is 46.5 Å². The lowest BCUT2D eigenvalue weighted by Crippen LogP contribution is -2.06. The zero-order chi connectivity index (χ0) is 31.1. The van der Waals surface area contributed by atoms with Gasteiger partial charge in [-0.2, -0.15) is 0 Å². The third-order valence-electron chi connectivity index (χ3n) is 6.66. The largest absolute Gasteiger partial charge is 0.494 e. The first kappa shape index (κ1) is 31.7. The predicted molar refractivity (Wildman–Crippen MR) is 184 cm³/mol. The van der Waals surface area contributed by atoms with Crippen molar-refractivity contribution in [1.82, 2.24) is 0 Å². The molecule has 5 rings (SSSR count). The number of hydrogen-bond donors (Lipinski definition) is 0. The van der Waals surface area contributed by atoms with Crippen LogP contribution in [0.15, 0.2) is 125 Å². The average Bonchev–Trinajstić information content (AvgIpc) is 3.62. The topological polar surface area (TPSA) is 69.5 Å². The van der Waals surface area contributed by atoms with E-state index in [1.165, 1.54) is 11.3 Å². The Bertz CT molecular complexity index is 1670. The molecule has 0 saturated carbocycles. The molecule has 4 aromatic carbocycles. The van der Waals surface area contributed by atoms with Crippen molar-refractivity contribution >= 4 is 52.7 Å². The summed E-state index contributed by atoms with van der Waals surface area (Å²) in [7, 11) is 0. The minimum absolute atomic E-state index is 0.351. The van der Waals surface area contributed by atoms with Gasteiger partial charge in [0.2, 0.25) is 0 Å². The molecule has 0 fully saturated rings. The fraction of sp³-hybridized carbons (Fsp3) is 0.162. The maximum Gasteiger partial charge on any atom is 0.353 e. The molecule has 45 heavy (non-hydrogen) atoms. The van der Waals surface area contributed by atoms with Crippen LogP contribution in [0.3, 0.4) is 0 Å². The van der Waals surface area contributed by atoms with Crippen LogP contribution in [0.5, 0.6) is 17.2 Å². The first-order valence-electron chi connectivity index (χ1n) is 14.8. The molecule has 0 atom stereocenters. The van der Waals surface area contributed by atoms with Gasteiger partial charge in [0, 0.05) is 17.5 Å². The Morgan fingerprint density at radius 3 is 1.62 bits per heavy atom. The first-order valence-corrected chi connectivity index (χ1v) is 16.0. The number of thiophene rings is 1. The summed E-state index contributed by atoms with van der Waals surface area (Å²) in [5.41, 5.74) is 3.61. The number of hydrogen-bond acceptors (Lipinski definition) is 7. The molecule has 0 spiro atoms. The highest BCUT2D eigenvalue weighted by Crippen LogP contribution is 2.21. The van der Waals surface area contributed by atoms with Crippen molar-refractivity contribution in [3.63, 3.8) is 0 Å². The van der Waals surface area contributed by atoms with Crippen molar-refractivity contribution in [3.8, 4) is 17.2 Å². The van der Waals surface area contributed by atoms with Crippen LogP contribution in [-0.2, 0) is 0 Å². The van der Waals surface area contributed by atoms with E-state index in [1.807, 2.05) is 103 Å². The molecule has 0 amide bonds. The molecule has 1 heterocycles. The highest BCUT2D eigenvalue weighted by molar-refractivity contribution is 7.12. The molecule has 0 N–H and O–H groups in total. The predicted octanol–water partition coefficient (Wildman–Crippen LogP) is 10.1. The van der Waals surface area contributed by atoms with Gasteiger partial charge < -0.3 is 14.2 Å². The number of ether oxygens (including phenoxy) is 3. The van der Waals surface area contributed by atoms with Crippen molar-refractivity contribution < 1.29 is 19.0 Å². The zero-order valence-corrected chi connectivity index (χ0v) is 26.3. The average molecular weight is 637 g/mol. The van der Waals surface area contributed by atoms with Crippen LogP contribution < -0.4 is 14.2 Å². The first-order chi connectivity index (χ1) is 22.1. The second-order valence-corrected chi connectivity index (χ2v) is 11.5. The fourth-order valence-electron chi connectivity index (χ4n) is 4.22. The fourth-order valence-corrected chi connectivity index (χ4v) is 4.94. The number of carbonyl (C=O) groups is 1. The highest BCUT2D eigenvalue weighted by Gasteiger charge is 2.09. The Morgan fingerprint density at radius 1 is 0.622 bits per heavy atom. The lowest BCUT2D eigenvalue weighted by Gasteiger charge is -2.08. The van der Waals surface area contributed by atoms with Gasteiger partial charge in [-0.3, -0.25) is 9.98 Å². The molecule has 1 aromatic heterocycles. The second-order valence-electron chi connectivity index (χ2n) is 10.1. The minimum Gasteiger partial charge on any atom is -0.494 e. The molecule has 8 heteroatoms. The molecule has 5 aromatic rings. The van der Waals surface area contributed by atoms with Gasteiger partial charge in [-0.05, 0) is 145 Å². The Kier molecular flexibility index (Phi) is 11.9. The molecule has 0 bridgehead atoms. The summed E-state index contributed by atoms with van der Waals surface area (Å²) >= 11 is 7.27. The van der Waals surface area contributed by atoms with Crippen molar-refractivity contribution in [3.05, 3.63) is 136 Å². The van der Waals surface area contributed by atoms with E-state index >= 15 is 0 Å². The minimum atomic E-state index is -0.351. The number of nitrogens with zero attached hydrogens (tertiary/aromatic N) is 2. The van der Waals surface area contributed by atoms with Gasteiger partial charge in [0.15, 0.2) is 0 Å². The third kappa shape index (κ3) is 10.7.